The maximum Gasteiger partial charge on any atom is 0.0973 e. The summed E-state index contributed by atoms with van der Waals surface area (Å²) in [5, 5.41) is 22.1. The first kappa shape index (κ1) is 13.0. The predicted octanol–water partition coefficient (Wildman–Crippen LogP) is 1.77. The van der Waals surface area contributed by atoms with Crippen molar-refractivity contribution in [1.29, 1.82) is 0 Å². The molecule has 0 aliphatic heterocycles. The monoisotopic (exact) mass is 299 g/mol. The average molecular weight is 300 g/mol. The molecule has 94 valence electrons. The second-order valence-corrected chi connectivity index (χ2v) is 5.89. The van der Waals surface area contributed by atoms with E-state index in [9.17, 15) is 5.11 Å². The molecule has 1 aliphatic rings. The van der Waals surface area contributed by atoms with Crippen molar-refractivity contribution in [2.24, 2.45) is 0 Å². The van der Waals surface area contributed by atoms with Gasteiger partial charge in [0.1, 0.15) is 0 Å². The molecule has 0 bridgehead atoms. The number of fused-ring (bicyclic) bond motifs is 1. The number of hydrogen-bond donors (Lipinski definition) is 3. The third-order valence-corrected chi connectivity index (χ3v) is 3.75. The van der Waals surface area contributed by atoms with Gasteiger partial charge in [0, 0.05) is 17.1 Å². The van der Waals surface area contributed by atoms with Gasteiger partial charge in [-0.15, -0.1) is 0 Å². The lowest BCUT2D eigenvalue weighted by Crippen LogP contribution is -2.41. The number of aryl methyl sites for hydroxylation is 1. The van der Waals surface area contributed by atoms with Crippen molar-refractivity contribution < 1.29 is 10.2 Å². The van der Waals surface area contributed by atoms with E-state index in [1.165, 1.54) is 11.1 Å². The Labute approximate surface area is 110 Å². The fourth-order valence-electron chi connectivity index (χ4n) is 2.20. The van der Waals surface area contributed by atoms with Gasteiger partial charge in [0.15, 0.2) is 0 Å². The molecule has 0 spiro atoms. The molecular weight excluding hydrogens is 282 g/mol. The topological polar surface area (TPSA) is 52.5 Å². The van der Waals surface area contributed by atoms with Gasteiger partial charge >= 0.3 is 0 Å². The van der Waals surface area contributed by atoms with E-state index >= 15 is 0 Å². The van der Waals surface area contributed by atoms with E-state index in [4.69, 9.17) is 5.11 Å². The van der Waals surface area contributed by atoms with Crippen LogP contribution in [0.4, 0.5) is 0 Å². The molecule has 4 heteroatoms. The molecule has 0 aromatic heterocycles. The van der Waals surface area contributed by atoms with E-state index in [0.717, 1.165) is 17.3 Å². The third-order valence-electron chi connectivity index (χ3n) is 3.25. The minimum absolute atomic E-state index is 0.222. The van der Waals surface area contributed by atoms with Crippen LogP contribution in [0, 0.1) is 0 Å². The Bertz CT molecular complexity index is 406. The molecule has 0 saturated heterocycles. The lowest BCUT2D eigenvalue weighted by molar-refractivity contribution is 0.000716. The van der Waals surface area contributed by atoms with Crippen molar-refractivity contribution in [3.8, 4) is 0 Å². The Morgan fingerprint density at radius 2 is 2.29 bits per heavy atom. The maximum absolute atomic E-state index is 9.76. The van der Waals surface area contributed by atoms with Gasteiger partial charge in [-0.05, 0) is 43.0 Å². The van der Waals surface area contributed by atoms with Crippen LogP contribution in [-0.2, 0) is 6.42 Å². The van der Waals surface area contributed by atoms with Crippen molar-refractivity contribution in [1.82, 2.24) is 5.32 Å². The smallest absolute Gasteiger partial charge is 0.0973 e. The Kier molecular flexibility index (Phi) is 3.88. The minimum Gasteiger partial charge on any atom is -0.393 e. The minimum atomic E-state index is -1.04. The van der Waals surface area contributed by atoms with Crippen molar-refractivity contribution in [2.75, 3.05) is 13.2 Å². The van der Waals surface area contributed by atoms with Crippen LogP contribution < -0.4 is 5.32 Å². The summed E-state index contributed by atoms with van der Waals surface area (Å²) in [5.41, 5.74) is 1.63. The number of aliphatic hydroxyl groups is 2. The summed E-state index contributed by atoms with van der Waals surface area (Å²) in [5.74, 6) is 0. The molecule has 3 N–H and O–H groups in total. The number of nitrogens with one attached hydrogen (secondary N) is 1. The summed E-state index contributed by atoms with van der Waals surface area (Å²) in [6.45, 7) is 1.82. The summed E-state index contributed by atoms with van der Waals surface area (Å²) in [6, 6.07) is 6.61. The highest BCUT2D eigenvalue weighted by Crippen LogP contribution is 2.33. The zero-order valence-corrected chi connectivity index (χ0v) is 11.5. The lowest BCUT2D eigenvalue weighted by Gasteiger charge is -2.24. The second-order valence-electron chi connectivity index (χ2n) is 4.97. The number of benzene rings is 1. The zero-order chi connectivity index (χ0) is 12.5. The number of rotatable bonds is 4. The lowest BCUT2D eigenvalue weighted by atomic mass is 10.1. The van der Waals surface area contributed by atoms with Crippen LogP contribution in [0.3, 0.4) is 0 Å². The first-order valence-corrected chi connectivity index (χ1v) is 6.66. The molecule has 17 heavy (non-hydrogen) atoms. The van der Waals surface area contributed by atoms with Crippen LogP contribution in [-0.4, -0.2) is 29.0 Å². The fourth-order valence-corrected chi connectivity index (χ4v) is 2.61. The van der Waals surface area contributed by atoms with Crippen LogP contribution in [0.1, 0.15) is 30.5 Å². The highest BCUT2D eigenvalue weighted by molar-refractivity contribution is 9.10. The normalized spacial score (nSPS) is 22.2. The molecule has 1 aromatic rings. The summed E-state index contributed by atoms with van der Waals surface area (Å²) in [4.78, 5) is 0. The van der Waals surface area contributed by atoms with E-state index in [2.05, 4.69) is 33.4 Å². The summed E-state index contributed by atoms with van der Waals surface area (Å²) in [6.07, 6.45) is 2.11. The van der Waals surface area contributed by atoms with Gasteiger partial charge in [0.2, 0.25) is 0 Å². The Hall–Kier alpha value is -0.420. The number of hydrogen-bond acceptors (Lipinski definition) is 3. The van der Waals surface area contributed by atoms with Crippen LogP contribution in [0.2, 0.25) is 0 Å². The number of aliphatic hydroxyl groups excluding tert-OH is 1. The Balaban J connectivity index is 2.03. The molecule has 1 aliphatic carbocycles. The molecule has 3 nitrogen and oxygen atoms in total. The second kappa shape index (κ2) is 5.06. The molecule has 2 atom stereocenters. The van der Waals surface area contributed by atoms with E-state index in [-0.39, 0.29) is 12.6 Å². The van der Waals surface area contributed by atoms with Gasteiger partial charge in [0.25, 0.3) is 0 Å². The molecule has 0 radical (unpaired) electrons. The quantitative estimate of drug-likeness (QED) is 0.794. The van der Waals surface area contributed by atoms with Gasteiger partial charge in [-0.3, -0.25) is 0 Å². The van der Waals surface area contributed by atoms with Gasteiger partial charge in [-0.2, -0.15) is 0 Å². The SMILES string of the molecule is CC(O)(CO)CNC1CCc2cc(Br)ccc21. The van der Waals surface area contributed by atoms with Gasteiger partial charge in [-0.1, -0.05) is 22.0 Å². The van der Waals surface area contributed by atoms with Gasteiger partial charge in [-0.25, -0.2) is 0 Å². The van der Waals surface area contributed by atoms with Crippen molar-refractivity contribution in [3.63, 3.8) is 0 Å². The van der Waals surface area contributed by atoms with Crippen molar-refractivity contribution >= 4 is 15.9 Å². The van der Waals surface area contributed by atoms with Crippen molar-refractivity contribution in [3.05, 3.63) is 33.8 Å². The summed E-state index contributed by atoms with van der Waals surface area (Å²) < 4.78 is 1.11. The average Bonchev–Trinajstić information content (AvgIpc) is 2.69. The van der Waals surface area contributed by atoms with Crippen molar-refractivity contribution in [2.45, 2.75) is 31.4 Å². The first-order chi connectivity index (χ1) is 8.02. The molecule has 1 aromatic carbocycles. The van der Waals surface area contributed by atoms with E-state index in [1.807, 2.05) is 6.07 Å². The Morgan fingerprint density at radius 1 is 1.53 bits per heavy atom. The highest BCUT2D eigenvalue weighted by Gasteiger charge is 2.25. The third kappa shape index (κ3) is 3.07. The fraction of sp³-hybridized carbons (Fsp3) is 0.538. The van der Waals surface area contributed by atoms with Gasteiger partial charge in [0.05, 0.1) is 12.2 Å². The van der Waals surface area contributed by atoms with Crippen LogP contribution >= 0.6 is 15.9 Å². The molecular formula is C13H18BrNO2. The first-order valence-electron chi connectivity index (χ1n) is 5.87. The van der Waals surface area contributed by atoms with Crippen LogP contribution in [0.25, 0.3) is 0 Å². The van der Waals surface area contributed by atoms with E-state index < -0.39 is 5.60 Å². The zero-order valence-electron chi connectivity index (χ0n) is 9.91. The molecule has 2 unspecified atom stereocenters. The highest BCUT2D eigenvalue weighted by atomic mass is 79.9. The molecule has 2 rings (SSSR count). The molecule has 0 amide bonds. The summed E-state index contributed by atoms with van der Waals surface area (Å²) in [7, 11) is 0. The summed E-state index contributed by atoms with van der Waals surface area (Å²) >= 11 is 3.47. The molecule has 0 saturated carbocycles. The predicted molar refractivity (Wildman–Crippen MR) is 70.9 cm³/mol. The van der Waals surface area contributed by atoms with Crippen LogP contribution in [0.5, 0.6) is 0 Å². The van der Waals surface area contributed by atoms with E-state index in [0.29, 0.717) is 6.54 Å². The number of halogens is 1. The largest absolute Gasteiger partial charge is 0.393 e. The Morgan fingerprint density at radius 3 is 3.00 bits per heavy atom. The van der Waals surface area contributed by atoms with Crippen LogP contribution in [0.15, 0.2) is 22.7 Å². The molecule has 0 heterocycles. The maximum atomic E-state index is 9.76. The van der Waals surface area contributed by atoms with E-state index in [1.54, 1.807) is 6.92 Å². The van der Waals surface area contributed by atoms with Gasteiger partial charge < -0.3 is 15.5 Å². The molecule has 0 fully saturated rings. The standard InChI is InChI=1S/C13H18BrNO2/c1-13(17,8-16)7-15-12-5-2-9-6-10(14)3-4-11(9)12/h3-4,6,12,15-17H,2,5,7-8H2,1H3.